The Balaban J connectivity index is 2.03. The van der Waals surface area contributed by atoms with E-state index in [1.54, 1.807) is 13.0 Å². The summed E-state index contributed by atoms with van der Waals surface area (Å²) in [5.41, 5.74) is 3.32. The Hall–Kier alpha value is -1.89. The van der Waals surface area contributed by atoms with Gasteiger partial charge in [0.15, 0.2) is 0 Å². The second-order valence-corrected chi connectivity index (χ2v) is 7.78. The standard InChI is InChI=1S/C17H19ClN2O3S/c1-11-4-7-16(13(3)8-11)20-17(21)10-19-24(22,23)14-5-6-15(18)12(2)9-14/h4-9,19H,10H2,1-3H3,(H,20,21). The largest absolute Gasteiger partial charge is 0.325 e. The highest BCUT2D eigenvalue weighted by molar-refractivity contribution is 7.89. The van der Waals surface area contributed by atoms with E-state index in [0.29, 0.717) is 16.3 Å². The molecule has 24 heavy (non-hydrogen) atoms. The van der Waals surface area contributed by atoms with E-state index in [2.05, 4.69) is 10.0 Å². The highest BCUT2D eigenvalue weighted by atomic mass is 35.5. The first-order valence-electron chi connectivity index (χ1n) is 7.32. The zero-order valence-electron chi connectivity index (χ0n) is 13.7. The highest BCUT2D eigenvalue weighted by Crippen LogP contribution is 2.19. The number of carbonyl (C=O) groups is 1. The van der Waals surface area contributed by atoms with Crippen molar-refractivity contribution in [2.75, 3.05) is 11.9 Å². The van der Waals surface area contributed by atoms with Crippen LogP contribution in [0.25, 0.3) is 0 Å². The second kappa shape index (κ2) is 7.34. The normalized spacial score (nSPS) is 11.3. The third kappa shape index (κ3) is 4.56. The Morgan fingerprint density at radius 3 is 2.38 bits per heavy atom. The topological polar surface area (TPSA) is 75.3 Å². The van der Waals surface area contributed by atoms with Gasteiger partial charge in [0.1, 0.15) is 0 Å². The van der Waals surface area contributed by atoms with Crippen LogP contribution < -0.4 is 10.0 Å². The number of aryl methyl sites for hydroxylation is 3. The third-order valence-electron chi connectivity index (χ3n) is 3.52. The number of rotatable bonds is 5. The quantitative estimate of drug-likeness (QED) is 0.853. The molecule has 7 heteroatoms. The predicted molar refractivity (Wildman–Crippen MR) is 95.9 cm³/mol. The average Bonchev–Trinajstić information content (AvgIpc) is 2.51. The summed E-state index contributed by atoms with van der Waals surface area (Å²) in [4.78, 5) is 12.1. The van der Waals surface area contributed by atoms with Crippen LogP contribution in [0.3, 0.4) is 0 Å². The molecule has 0 aliphatic carbocycles. The molecule has 0 aliphatic rings. The van der Waals surface area contributed by atoms with E-state index in [9.17, 15) is 13.2 Å². The Morgan fingerprint density at radius 2 is 1.75 bits per heavy atom. The fourth-order valence-corrected chi connectivity index (χ4v) is 3.36. The Kier molecular flexibility index (Phi) is 5.64. The van der Waals surface area contributed by atoms with Gasteiger partial charge in [0.25, 0.3) is 0 Å². The van der Waals surface area contributed by atoms with E-state index in [1.807, 2.05) is 26.0 Å². The minimum Gasteiger partial charge on any atom is -0.325 e. The SMILES string of the molecule is Cc1ccc(NC(=O)CNS(=O)(=O)c2ccc(Cl)c(C)c2)c(C)c1. The minimum absolute atomic E-state index is 0.0729. The van der Waals surface area contributed by atoms with E-state index < -0.39 is 15.9 Å². The summed E-state index contributed by atoms with van der Waals surface area (Å²) in [6.07, 6.45) is 0. The van der Waals surface area contributed by atoms with Gasteiger partial charge in [-0.15, -0.1) is 0 Å². The van der Waals surface area contributed by atoms with E-state index >= 15 is 0 Å². The van der Waals surface area contributed by atoms with Crippen LogP contribution >= 0.6 is 11.6 Å². The molecule has 0 bridgehead atoms. The number of hydrogen-bond donors (Lipinski definition) is 2. The molecular formula is C17H19ClN2O3S. The van der Waals surface area contributed by atoms with Gasteiger partial charge in [-0.1, -0.05) is 29.3 Å². The van der Waals surface area contributed by atoms with E-state index in [4.69, 9.17) is 11.6 Å². The molecule has 0 spiro atoms. The molecule has 0 saturated heterocycles. The summed E-state index contributed by atoms with van der Waals surface area (Å²) < 4.78 is 26.7. The fraction of sp³-hybridized carbons (Fsp3) is 0.235. The number of carbonyl (C=O) groups excluding carboxylic acids is 1. The lowest BCUT2D eigenvalue weighted by Gasteiger charge is -2.11. The fourth-order valence-electron chi connectivity index (χ4n) is 2.18. The van der Waals surface area contributed by atoms with Crippen LogP contribution in [0.5, 0.6) is 0 Å². The van der Waals surface area contributed by atoms with Crippen molar-refractivity contribution in [3.63, 3.8) is 0 Å². The molecule has 0 aromatic heterocycles. The van der Waals surface area contributed by atoms with Gasteiger partial charge in [0.2, 0.25) is 15.9 Å². The molecule has 2 aromatic carbocycles. The van der Waals surface area contributed by atoms with Gasteiger partial charge in [-0.05, 0) is 56.2 Å². The van der Waals surface area contributed by atoms with Crippen LogP contribution in [0.2, 0.25) is 5.02 Å². The zero-order chi connectivity index (χ0) is 17.9. The molecule has 0 atom stereocenters. The van der Waals surface area contributed by atoms with E-state index in [1.165, 1.54) is 18.2 Å². The zero-order valence-corrected chi connectivity index (χ0v) is 15.3. The first-order chi connectivity index (χ1) is 11.2. The van der Waals surface area contributed by atoms with Crippen LogP contribution in [-0.4, -0.2) is 20.9 Å². The Bertz CT molecular complexity index is 879. The summed E-state index contributed by atoms with van der Waals surface area (Å²) in [7, 11) is -3.77. The number of halogens is 1. The lowest BCUT2D eigenvalue weighted by Crippen LogP contribution is -2.33. The van der Waals surface area contributed by atoms with Gasteiger partial charge in [0, 0.05) is 10.7 Å². The van der Waals surface area contributed by atoms with Crippen molar-refractivity contribution >= 4 is 33.2 Å². The third-order valence-corrected chi connectivity index (χ3v) is 5.34. The Labute approximate surface area is 147 Å². The first-order valence-corrected chi connectivity index (χ1v) is 9.18. The lowest BCUT2D eigenvalue weighted by molar-refractivity contribution is -0.115. The first kappa shape index (κ1) is 18.4. The second-order valence-electron chi connectivity index (χ2n) is 5.60. The molecule has 2 aromatic rings. The molecule has 0 aliphatic heterocycles. The molecule has 5 nitrogen and oxygen atoms in total. The van der Waals surface area contributed by atoms with Crippen molar-refractivity contribution in [1.29, 1.82) is 0 Å². The van der Waals surface area contributed by atoms with Gasteiger partial charge in [-0.25, -0.2) is 13.1 Å². The maximum Gasteiger partial charge on any atom is 0.241 e. The molecule has 2 N–H and O–H groups in total. The number of hydrogen-bond acceptors (Lipinski definition) is 3. The van der Waals surface area contributed by atoms with Gasteiger partial charge >= 0.3 is 0 Å². The van der Waals surface area contributed by atoms with Crippen molar-refractivity contribution in [3.05, 3.63) is 58.1 Å². The summed E-state index contributed by atoms with van der Waals surface area (Å²) >= 11 is 5.90. The molecular weight excluding hydrogens is 348 g/mol. The molecule has 0 radical (unpaired) electrons. The van der Waals surface area contributed by atoms with Crippen LogP contribution in [-0.2, 0) is 14.8 Å². The van der Waals surface area contributed by atoms with Crippen molar-refractivity contribution in [2.45, 2.75) is 25.7 Å². The summed E-state index contributed by atoms with van der Waals surface area (Å²) in [6, 6.07) is 9.99. The minimum atomic E-state index is -3.77. The number of nitrogens with one attached hydrogen (secondary N) is 2. The average molecular weight is 367 g/mol. The lowest BCUT2D eigenvalue weighted by atomic mass is 10.1. The molecule has 0 saturated carbocycles. The molecule has 0 unspecified atom stereocenters. The maximum absolute atomic E-state index is 12.2. The molecule has 0 fully saturated rings. The number of amides is 1. The van der Waals surface area contributed by atoms with Crippen molar-refractivity contribution in [1.82, 2.24) is 4.72 Å². The van der Waals surface area contributed by atoms with Crippen LogP contribution in [0.15, 0.2) is 41.3 Å². The predicted octanol–water partition coefficient (Wildman–Crippen LogP) is 3.18. The van der Waals surface area contributed by atoms with Gasteiger partial charge in [-0.3, -0.25) is 4.79 Å². The summed E-state index contributed by atoms with van der Waals surface area (Å²) in [6.45, 7) is 5.20. The number of sulfonamides is 1. The van der Waals surface area contributed by atoms with Gasteiger partial charge in [0.05, 0.1) is 11.4 Å². The smallest absolute Gasteiger partial charge is 0.241 e. The molecule has 128 valence electrons. The van der Waals surface area contributed by atoms with Gasteiger partial charge < -0.3 is 5.32 Å². The number of benzene rings is 2. The highest BCUT2D eigenvalue weighted by Gasteiger charge is 2.16. The summed E-state index contributed by atoms with van der Waals surface area (Å²) in [5, 5.41) is 3.18. The summed E-state index contributed by atoms with van der Waals surface area (Å²) in [5.74, 6) is -0.434. The van der Waals surface area contributed by atoms with Crippen molar-refractivity contribution < 1.29 is 13.2 Å². The van der Waals surface area contributed by atoms with Crippen LogP contribution in [0.1, 0.15) is 16.7 Å². The van der Waals surface area contributed by atoms with Crippen molar-refractivity contribution in [3.8, 4) is 0 Å². The van der Waals surface area contributed by atoms with Crippen LogP contribution in [0.4, 0.5) is 5.69 Å². The van der Waals surface area contributed by atoms with Crippen molar-refractivity contribution in [2.24, 2.45) is 0 Å². The van der Waals surface area contributed by atoms with Crippen LogP contribution in [0, 0.1) is 20.8 Å². The number of anilines is 1. The van der Waals surface area contributed by atoms with E-state index in [0.717, 1.165) is 11.1 Å². The molecule has 2 rings (SSSR count). The molecule has 0 heterocycles. The monoisotopic (exact) mass is 366 g/mol. The van der Waals surface area contributed by atoms with E-state index in [-0.39, 0.29) is 11.4 Å². The maximum atomic E-state index is 12.2. The molecule has 1 amide bonds. The Morgan fingerprint density at radius 1 is 1.04 bits per heavy atom. The van der Waals surface area contributed by atoms with Gasteiger partial charge in [-0.2, -0.15) is 0 Å².